The molecule has 1 aromatic rings. The molecule has 1 aliphatic carbocycles. The molecule has 19 heavy (non-hydrogen) atoms. The summed E-state index contributed by atoms with van der Waals surface area (Å²) >= 11 is 0. The summed E-state index contributed by atoms with van der Waals surface area (Å²) in [5, 5.41) is 0. The van der Waals surface area contributed by atoms with Gasteiger partial charge in [-0.2, -0.15) is 0 Å². The molecule has 3 nitrogen and oxygen atoms in total. The van der Waals surface area contributed by atoms with Crippen molar-refractivity contribution in [2.45, 2.75) is 12.8 Å². The van der Waals surface area contributed by atoms with Crippen LogP contribution in [0.5, 0.6) is 0 Å². The molecule has 2 atom stereocenters. The van der Waals surface area contributed by atoms with Crippen molar-refractivity contribution in [2.24, 2.45) is 11.8 Å². The molecule has 0 spiro atoms. The highest BCUT2D eigenvalue weighted by Crippen LogP contribution is 2.31. The molecule has 1 fully saturated rings. The molecule has 1 aliphatic heterocycles. The maximum Gasteiger partial charge on any atom is 0.253 e. The average molecular weight is 255 g/mol. The van der Waals surface area contributed by atoms with Crippen LogP contribution in [0.15, 0.2) is 42.5 Å². The minimum absolute atomic E-state index is 0.101. The van der Waals surface area contributed by atoms with Crippen molar-refractivity contribution in [1.82, 2.24) is 4.90 Å². The number of rotatable bonds is 1. The number of nitrogens with zero attached hydrogens (tertiary/aromatic N) is 1. The van der Waals surface area contributed by atoms with Gasteiger partial charge in [0.15, 0.2) is 5.78 Å². The molecule has 1 aromatic carbocycles. The highest BCUT2D eigenvalue weighted by Gasteiger charge is 2.33. The van der Waals surface area contributed by atoms with Crippen molar-refractivity contribution < 1.29 is 9.59 Å². The molecule has 0 bridgehead atoms. The van der Waals surface area contributed by atoms with E-state index in [1.54, 1.807) is 6.08 Å². The number of fused-ring (bicyclic) bond motifs is 1. The van der Waals surface area contributed by atoms with E-state index in [1.165, 1.54) is 0 Å². The van der Waals surface area contributed by atoms with Gasteiger partial charge in [-0.15, -0.1) is 0 Å². The third-order valence-electron chi connectivity index (χ3n) is 4.11. The van der Waals surface area contributed by atoms with Gasteiger partial charge in [0.1, 0.15) is 0 Å². The van der Waals surface area contributed by atoms with Gasteiger partial charge in [0.2, 0.25) is 0 Å². The molecule has 3 heteroatoms. The number of amides is 1. The summed E-state index contributed by atoms with van der Waals surface area (Å²) in [4.78, 5) is 25.7. The van der Waals surface area contributed by atoms with E-state index in [1.807, 2.05) is 41.3 Å². The standard InChI is InChI=1S/C16H17NO2/c18-15-7-6-14-11-17(9-8-13(14)10-15)16(19)12-4-2-1-3-5-12/h1-7,13-14H,8-11H2/t13-,14+/m0/s1. The Balaban J connectivity index is 1.73. The Bertz CT molecular complexity index is 521. The third kappa shape index (κ3) is 2.46. The van der Waals surface area contributed by atoms with Crippen LogP contribution in [0.3, 0.4) is 0 Å². The Morgan fingerprint density at radius 2 is 2.00 bits per heavy atom. The van der Waals surface area contributed by atoms with Gasteiger partial charge in [0, 0.05) is 25.1 Å². The summed E-state index contributed by atoms with van der Waals surface area (Å²) in [6.45, 7) is 1.50. The van der Waals surface area contributed by atoms with Crippen LogP contribution in [0.1, 0.15) is 23.2 Å². The lowest BCUT2D eigenvalue weighted by Gasteiger charge is -2.38. The fraction of sp³-hybridized carbons (Fsp3) is 0.375. The number of allylic oxidation sites excluding steroid dienone is 1. The monoisotopic (exact) mass is 255 g/mol. The van der Waals surface area contributed by atoms with Crippen LogP contribution in [0.25, 0.3) is 0 Å². The van der Waals surface area contributed by atoms with Crippen molar-refractivity contribution in [3.63, 3.8) is 0 Å². The molecule has 1 heterocycles. The molecular weight excluding hydrogens is 238 g/mol. The first-order valence-corrected chi connectivity index (χ1v) is 6.79. The number of likely N-dealkylation sites (tertiary alicyclic amines) is 1. The van der Waals surface area contributed by atoms with Gasteiger partial charge in [0.25, 0.3) is 5.91 Å². The van der Waals surface area contributed by atoms with Crippen LogP contribution in [0.2, 0.25) is 0 Å². The summed E-state index contributed by atoms with van der Waals surface area (Å²) < 4.78 is 0. The normalized spacial score (nSPS) is 26.1. The highest BCUT2D eigenvalue weighted by molar-refractivity contribution is 5.94. The average Bonchev–Trinajstić information content (AvgIpc) is 2.47. The lowest BCUT2D eigenvalue weighted by atomic mass is 9.78. The van der Waals surface area contributed by atoms with E-state index in [-0.39, 0.29) is 11.7 Å². The fourth-order valence-corrected chi connectivity index (χ4v) is 3.01. The Kier molecular flexibility index (Phi) is 3.20. The molecule has 1 amide bonds. The second kappa shape index (κ2) is 5.00. The van der Waals surface area contributed by atoms with Crippen LogP contribution in [-0.4, -0.2) is 29.7 Å². The molecule has 1 saturated heterocycles. The number of ketones is 1. The Morgan fingerprint density at radius 1 is 1.21 bits per heavy atom. The first-order valence-electron chi connectivity index (χ1n) is 6.79. The predicted octanol–water partition coefficient (Wildman–Crippen LogP) is 2.29. The van der Waals surface area contributed by atoms with Crippen molar-refractivity contribution in [3.8, 4) is 0 Å². The summed E-state index contributed by atoms with van der Waals surface area (Å²) in [6, 6.07) is 9.40. The van der Waals surface area contributed by atoms with E-state index < -0.39 is 0 Å². The van der Waals surface area contributed by atoms with Gasteiger partial charge in [-0.3, -0.25) is 9.59 Å². The maximum atomic E-state index is 12.4. The van der Waals surface area contributed by atoms with Crippen molar-refractivity contribution in [2.75, 3.05) is 13.1 Å². The molecule has 0 unspecified atom stereocenters. The second-order valence-electron chi connectivity index (χ2n) is 5.36. The van der Waals surface area contributed by atoms with E-state index in [0.717, 1.165) is 25.1 Å². The molecule has 0 N–H and O–H groups in total. The number of carbonyl (C=O) groups excluding carboxylic acids is 2. The smallest absolute Gasteiger partial charge is 0.253 e. The van der Waals surface area contributed by atoms with Crippen molar-refractivity contribution >= 4 is 11.7 Å². The Hall–Kier alpha value is -1.90. The van der Waals surface area contributed by atoms with E-state index >= 15 is 0 Å². The predicted molar refractivity (Wildman–Crippen MR) is 72.7 cm³/mol. The van der Waals surface area contributed by atoms with Crippen molar-refractivity contribution in [3.05, 3.63) is 48.0 Å². The van der Waals surface area contributed by atoms with Crippen LogP contribution in [-0.2, 0) is 4.79 Å². The SMILES string of the molecule is O=C1C=C[C@@H]2CN(C(=O)c3ccccc3)CC[C@H]2C1. The number of hydrogen-bond acceptors (Lipinski definition) is 2. The molecule has 98 valence electrons. The van der Waals surface area contributed by atoms with E-state index in [2.05, 4.69) is 0 Å². The molecular formula is C16H17NO2. The first-order chi connectivity index (χ1) is 9.24. The van der Waals surface area contributed by atoms with Gasteiger partial charge in [-0.25, -0.2) is 0 Å². The Labute approximate surface area is 112 Å². The van der Waals surface area contributed by atoms with Gasteiger partial charge in [-0.1, -0.05) is 24.3 Å². The molecule has 0 saturated carbocycles. The van der Waals surface area contributed by atoms with E-state index in [0.29, 0.717) is 18.3 Å². The zero-order valence-electron chi connectivity index (χ0n) is 10.8. The van der Waals surface area contributed by atoms with Crippen LogP contribution < -0.4 is 0 Å². The minimum atomic E-state index is 0.101. The topological polar surface area (TPSA) is 37.4 Å². The van der Waals surface area contributed by atoms with Crippen molar-refractivity contribution in [1.29, 1.82) is 0 Å². The van der Waals surface area contributed by atoms with Gasteiger partial charge >= 0.3 is 0 Å². The zero-order valence-corrected chi connectivity index (χ0v) is 10.8. The summed E-state index contributed by atoms with van der Waals surface area (Å²) in [6.07, 6.45) is 5.24. The lowest BCUT2D eigenvalue weighted by molar-refractivity contribution is -0.116. The molecule has 0 radical (unpaired) electrons. The minimum Gasteiger partial charge on any atom is -0.338 e. The molecule has 0 aromatic heterocycles. The quantitative estimate of drug-likeness (QED) is 0.772. The van der Waals surface area contributed by atoms with Crippen LogP contribution in [0.4, 0.5) is 0 Å². The number of piperidine rings is 1. The summed E-state index contributed by atoms with van der Waals surface area (Å²) in [7, 11) is 0. The Morgan fingerprint density at radius 3 is 2.79 bits per heavy atom. The molecule has 3 rings (SSSR count). The van der Waals surface area contributed by atoms with Crippen LogP contribution >= 0.6 is 0 Å². The number of carbonyl (C=O) groups is 2. The lowest BCUT2D eigenvalue weighted by Crippen LogP contribution is -2.44. The largest absolute Gasteiger partial charge is 0.338 e. The van der Waals surface area contributed by atoms with Crippen LogP contribution in [0, 0.1) is 11.8 Å². The number of hydrogen-bond donors (Lipinski definition) is 0. The van der Waals surface area contributed by atoms with E-state index in [9.17, 15) is 9.59 Å². The molecule has 2 aliphatic rings. The van der Waals surface area contributed by atoms with Gasteiger partial charge < -0.3 is 4.90 Å². The second-order valence-corrected chi connectivity index (χ2v) is 5.36. The zero-order chi connectivity index (χ0) is 13.2. The van der Waals surface area contributed by atoms with Gasteiger partial charge in [-0.05, 0) is 36.5 Å². The summed E-state index contributed by atoms with van der Waals surface area (Å²) in [5.74, 6) is 1.10. The maximum absolute atomic E-state index is 12.4. The third-order valence-corrected chi connectivity index (χ3v) is 4.11. The number of benzene rings is 1. The fourth-order valence-electron chi connectivity index (χ4n) is 3.01. The first kappa shape index (κ1) is 12.2. The summed E-state index contributed by atoms with van der Waals surface area (Å²) in [5.41, 5.74) is 0.747. The highest BCUT2D eigenvalue weighted by atomic mass is 16.2. The van der Waals surface area contributed by atoms with E-state index in [4.69, 9.17) is 0 Å². The van der Waals surface area contributed by atoms with Gasteiger partial charge in [0.05, 0.1) is 0 Å².